The minimum Gasteiger partial charge on any atom is -0.364 e. The summed E-state index contributed by atoms with van der Waals surface area (Å²) < 4.78 is 0. The van der Waals surface area contributed by atoms with Crippen LogP contribution in [-0.2, 0) is 11.3 Å². The molecule has 0 saturated heterocycles. The summed E-state index contributed by atoms with van der Waals surface area (Å²) in [4.78, 5) is 16.9. The van der Waals surface area contributed by atoms with Crippen LogP contribution in [0.25, 0.3) is 0 Å². The Morgan fingerprint density at radius 1 is 0.957 bits per heavy atom. The molecular weight excluding hydrogens is 284 g/mol. The van der Waals surface area contributed by atoms with E-state index in [0.717, 1.165) is 31.0 Å². The van der Waals surface area contributed by atoms with Gasteiger partial charge in [0.25, 0.3) is 0 Å². The first-order valence-corrected chi connectivity index (χ1v) is 8.33. The van der Waals surface area contributed by atoms with Gasteiger partial charge in [-0.1, -0.05) is 56.3 Å². The third kappa shape index (κ3) is 3.55. The van der Waals surface area contributed by atoms with Gasteiger partial charge in [-0.3, -0.25) is 4.79 Å². The number of fused-ring (bicyclic) bond motifs is 1. The fourth-order valence-electron chi connectivity index (χ4n) is 3.11. The third-order valence-corrected chi connectivity index (χ3v) is 4.21. The molecule has 0 spiro atoms. The van der Waals surface area contributed by atoms with Gasteiger partial charge in [0.2, 0.25) is 5.91 Å². The summed E-state index contributed by atoms with van der Waals surface area (Å²) in [7, 11) is 0. The predicted octanol–water partition coefficient (Wildman–Crippen LogP) is 4.09. The van der Waals surface area contributed by atoms with Gasteiger partial charge in [0.15, 0.2) is 0 Å². The number of carbonyl (C=O) groups is 1. The molecule has 3 rings (SSSR count). The number of para-hydroxylation sites is 2. The van der Waals surface area contributed by atoms with E-state index < -0.39 is 0 Å². The number of amides is 1. The Morgan fingerprint density at radius 2 is 1.61 bits per heavy atom. The molecule has 1 aliphatic heterocycles. The highest BCUT2D eigenvalue weighted by Crippen LogP contribution is 2.34. The van der Waals surface area contributed by atoms with E-state index >= 15 is 0 Å². The van der Waals surface area contributed by atoms with Crippen molar-refractivity contribution in [1.82, 2.24) is 0 Å². The van der Waals surface area contributed by atoms with E-state index in [1.807, 2.05) is 23.1 Å². The third-order valence-electron chi connectivity index (χ3n) is 4.21. The number of rotatable bonds is 4. The minimum absolute atomic E-state index is 0.229. The van der Waals surface area contributed by atoms with E-state index in [9.17, 15) is 4.79 Å². The monoisotopic (exact) mass is 308 g/mol. The molecule has 0 radical (unpaired) electrons. The summed E-state index contributed by atoms with van der Waals surface area (Å²) in [5.74, 6) is 0.615. The van der Waals surface area contributed by atoms with Gasteiger partial charge in [-0.25, -0.2) is 0 Å². The van der Waals surface area contributed by atoms with Gasteiger partial charge in [0.05, 0.1) is 11.4 Å². The second-order valence-electron chi connectivity index (χ2n) is 6.54. The number of nitrogens with zero attached hydrogens (tertiary/aromatic N) is 2. The zero-order valence-corrected chi connectivity index (χ0v) is 13.9. The lowest BCUT2D eigenvalue weighted by molar-refractivity contribution is -0.119. The maximum Gasteiger partial charge on any atom is 0.227 e. The molecular formula is C20H24N2O. The molecule has 2 aromatic carbocycles. The van der Waals surface area contributed by atoms with Crippen molar-refractivity contribution in [2.75, 3.05) is 22.9 Å². The standard InChI is InChI=1S/C20H24N2O/c1-16(2)14-20(23)22-13-12-21(15-17-8-4-3-5-9-17)18-10-6-7-11-19(18)22/h3-11,16H,12-15H2,1-2H3. The second kappa shape index (κ2) is 6.86. The maximum absolute atomic E-state index is 12.5. The molecule has 2 aromatic rings. The Bertz CT molecular complexity index is 666. The molecule has 120 valence electrons. The molecule has 0 unspecified atom stereocenters. The molecule has 0 N–H and O–H groups in total. The first-order chi connectivity index (χ1) is 11.1. The zero-order chi connectivity index (χ0) is 16.2. The van der Waals surface area contributed by atoms with Crippen LogP contribution < -0.4 is 9.80 Å². The van der Waals surface area contributed by atoms with Crippen molar-refractivity contribution in [2.45, 2.75) is 26.8 Å². The van der Waals surface area contributed by atoms with Gasteiger partial charge in [-0.05, 0) is 23.6 Å². The van der Waals surface area contributed by atoms with Crippen LogP contribution in [0.2, 0.25) is 0 Å². The lowest BCUT2D eigenvalue weighted by Crippen LogP contribution is -2.44. The molecule has 0 saturated carbocycles. The molecule has 3 nitrogen and oxygen atoms in total. The van der Waals surface area contributed by atoms with Gasteiger partial charge >= 0.3 is 0 Å². The Labute approximate surface area is 138 Å². The average molecular weight is 308 g/mol. The predicted molar refractivity (Wildman–Crippen MR) is 95.7 cm³/mol. The van der Waals surface area contributed by atoms with Gasteiger partial charge in [0.1, 0.15) is 0 Å². The Morgan fingerprint density at radius 3 is 2.30 bits per heavy atom. The van der Waals surface area contributed by atoms with E-state index in [4.69, 9.17) is 0 Å². The van der Waals surface area contributed by atoms with Gasteiger partial charge in [0, 0.05) is 26.1 Å². The summed E-state index contributed by atoms with van der Waals surface area (Å²) in [6, 6.07) is 18.7. The van der Waals surface area contributed by atoms with E-state index in [-0.39, 0.29) is 5.91 Å². The number of hydrogen-bond donors (Lipinski definition) is 0. The molecule has 0 aliphatic carbocycles. The van der Waals surface area contributed by atoms with Gasteiger partial charge in [-0.2, -0.15) is 0 Å². The van der Waals surface area contributed by atoms with Crippen LogP contribution in [-0.4, -0.2) is 19.0 Å². The van der Waals surface area contributed by atoms with E-state index in [0.29, 0.717) is 12.3 Å². The van der Waals surface area contributed by atoms with E-state index in [1.165, 1.54) is 5.56 Å². The fraction of sp³-hybridized carbons (Fsp3) is 0.350. The highest BCUT2D eigenvalue weighted by molar-refractivity contribution is 5.97. The molecule has 1 heterocycles. The SMILES string of the molecule is CC(C)CC(=O)N1CCN(Cc2ccccc2)c2ccccc21. The first kappa shape index (κ1) is 15.6. The van der Waals surface area contributed by atoms with Gasteiger partial charge in [-0.15, -0.1) is 0 Å². The molecule has 0 fully saturated rings. The number of hydrogen-bond acceptors (Lipinski definition) is 2. The van der Waals surface area contributed by atoms with Crippen LogP contribution in [0, 0.1) is 5.92 Å². The van der Waals surface area contributed by atoms with Crippen molar-refractivity contribution in [3.63, 3.8) is 0 Å². The summed E-state index contributed by atoms with van der Waals surface area (Å²) in [6.45, 7) is 6.69. The lowest BCUT2D eigenvalue weighted by atomic mass is 10.1. The summed E-state index contributed by atoms with van der Waals surface area (Å²) >= 11 is 0. The second-order valence-corrected chi connectivity index (χ2v) is 6.54. The molecule has 1 amide bonds. The summed E-state index contributed by atoms with van der Waals surface area (Å²) in [6.07, 6.45) is 0.604. The normalized spacial score (nSPS) is 14.0. The quantitative estimate of drug-likeness (QED) is 0.849. The van der Waals surface area contributed by atoms with Crippen LogP contribution in [0.4, 0.5) is 11.4 Å². The molecule has 23 heavy (non-hydrogen) atoms. The number of anilines is 2. The van der Waals surface area contributed by atoms with Crippen molar-refractivity contribution in [3.8, 4) is 0 Å². The van der Waals surface area contributed by atoms with Crippen molar-refractivity contribution in [1.29, 1.82) is 0 Å². The zero-order valence-electron chi connectivity index (χ0n) is 13.9. The molecule has 3 heteroatoms. The van der Waals surface area contributed by atoms with Crippen molar-refractivity contribution in [2.24, 2.45) is 5.92 Å². The van der Waals surface area contributed by atoms with Crippen molar-refractivity contribution in [3.05, 3.63) is 60.2 Å². The van der Waals surface area contributed by atoms with E-state index in [2.05, 4.69) is 55.1 Å². The Balaban J connectivity index is 1.84. The largest absolute Gasteiger partial charge is 0.364 e. The molecule has 0 aromatic heterocycles. The average Bonchev–Trinajstić information content (AvgIpc) is 2.55. The topological polar surface area (TPSA) is 23.6 Å². The summed E-state index contributed by atoms with van der Waals surface area (Å²) in [5.41, 5.74) is 3.49. The van der Waals surface area contributed by atoms with Crippen LogP contribution in [0.1, 0.15) is 25.8 Å². The van der Waals surface area contributed by atoms with Crippen LogP contribution in [0.5, 0.6) is 0 Å². The van der Waals surface area contributed by atoms with Gasteiger partial charge < -0.3 is 9.80 Å². The van der Waals surface area contributed by atoms with Crippen LogP contribution >= 0.6 is 0 Å². The highest BCUT2D eigenvalue weighted by Gasteiger charge is 2.26. The molecule has 1 aliphatic rings. The number of carbonyl (C=O) groups excluding carboxylic acids is 1. The summed E-state index contributed by atoms with van der Waals surface area (Å²) in [5, 5.41) is 0. The highest BCUT2D eigenvalue weighted by atomic mass is 16.2. The smallest absolute Gasteiger partial charge is 0.227 e. The molecule has 0 atom stereocenters. The van der Waals surface area contributed by atoms with Crippen molar-refractivity contribution < 1.29 is 4.79 Å². The van der Waals surface area contributed by atoms with Crippen molar-refractivity contribution >= 4 is 17.3 Å². The minimum atomic E-state index is 0.229. The molecule has 0 bridgehead atoms. The lowest BCUT2D eigenvalue weighted by Gasteiger charge is -2.38. The Hall–Kier alpha value is -2.29. The first-order valence-electron chi connectivity index (χ1n) is 8.33. The maximum atomic E-state index is 12.5. The van der Waals surface area contributed by atoms with E-state index in [1.54, 1.807) is 0 Å². The fourth-order valence-corrected chi connectivity index (χ4v) is 3.11. The Kier molecular flexibility index (Phi) is 4.65. The number of benzene rings is 2. The van der Waals surface area contributed by atoms with Crippen LogP contribution in [0.15, 0.2) is 54.6 Å². The van der Waals surface area contributed by atoms with Crippen LogP contribution in [0.3, 0.4) is 0 Å².